The van der Waals surface area contributed by atoms with Gasteiger partial charge in [-0.1, -0.05) is 46.0 Å². The van der Waals surface area contributed by atoms with Crippen molar-refractivity contribution in [1.29, 1.82) is 0 Å². The summed E-state index contributed by atoms with van der Waals surface area (Å²) in [6.45, 7) is 4.42. The first-order valence-electron chi connectivity index (χ1n) is 7.45. The third-order valence-corrected chi connectivity index (χ3v) is 4.21. The van der Waals surface area contributed by atoms with Crippen LogP contribution in [-0.4, -0.2) is 36.8 Å². The van der Waals surface area contributed by atoms with E-state index in [-0.39, 0.29) is 65.7 Å². The first-order valence-corrected chi connectivity index (χ1v) is 8.93. The van der Waals surface area contributed by atoms with Gasteiger partial charge in [-0.05, 0) is 12.3 Å². The Hall–Kier alpha value is 0.850. The second-order valence-corrected chi connectivity index (χ2v) is 7.23. The van der Waals surface area contributed by atoms with E-state index >= 15 is 0 Å². The summed E-state index contributed by atoms with van der Waals surface area (Å²) in [5.74, 6) is -2.42. The van der Waals surface area contributed by atoms with Crippen molar-refractivity contribution in [2.24, 2.45) is 5.92 Å². The third kappa shape index (κ3) is 16.3. The van der Waals surface area contributed by atoms with Crippen LogP contribution in [0.5, 0.6) is 0 Å². The Balaban J connectivity index is -0.00000220. The molecule has 0 spiro atoms. The number of esters is 1. The van der Waals surface area contributed by atoms with Gasteiger partial charge in [-0.15, -0.1) is 0 Å². The van der Waals surface area contributed by atoms with Gasteiger partial charge >= 0.3 is 65.1 Å². The van der Waals surface area contributed by atoms with Crippen molar-refractivity contribution in [1.82, 2.24) is 0 Å². The monoisotopic (exact) mass is 382 g/mol. The summed E-state index contributed by atoms with van der Waals surface area (Å²) in [6, 6.07) is 0. The zero-order valence-electron chi connectivity index (χ0n) is 15.1. The number of hydrogen-bond acceptors (Lipinski definition) is 7. The van der Waals surface area contributed by atoms with Crippen molar-refractivity contribution in [3.8, 4) is 0 Å². The Bertz CT molecular complexity index is 452. The molecule has 0 amide bonds. The summed E-state index contributed by atoms with van der Waals surface area (Å²) in [5.41, 5.74) is 0. The second-order valence-electron chi connectivity index (χ2n) is 5.68. The Kier molecular flexibility index (Phi) is 19.8. The number of carboxylic acids is 1. The molecule has 0 heterocycles. The van der Waals surface area contributed by atoms with Gasteiger partial charge in [0.2, 0.25) is 0 Å². The number of carbonyl (C=O) groups is 2. The van der Waals surface area contributed by atoms with Crippen molar-refractivity contribution < 1.29 is 91.5 Å². The fraction of sp³-hybridized carbons (Fsp3) is 0.857. The van der Waals surface area contributed by atoms with E-state index in [1.165, 1.54) is 6.42 Å². The topological polar surface area (TPSA) is 124 Å². The minimum absolute atomic E-state index is 0. The molecule has 0 aliphatic carbocycles. The van der Waals surface area contributed by atoms with Crippen molar-refractivity contribution in [3.05, 3.63) is 0 Å². The van der Waals surface area contributed by atoms with Gasteiger partial charge in [0.1, 0.15) is 10.1 Å². The molecule has 7 nitrogen and oxygen atoms in total. The van der Waals surface area contributed by atoms with E-state index in [0.717, 1.165) is 25.7 Å². The number of rotatable bonds is 12. The summed E-state index contributed by atoms with van der Waals surface area (Å²) in [5, 5.41) is 8.12. The zero-order chi connectivity index (χ0) is 17.2. The molecule has 0 rings (SSSR count). The van der Waals surface area contributed by atoms with Crippen molar-refractivity contribution in [2.75, 3.05) is 6.61 Å². The maximum atomic E-state index is 11.3. The molecule has 1 atom stereocenters. The van der Waals surface area contributed by atoms with Crippen molar-refractivity contribution in [2.45, 2.75) is 64.0 Å². The van der Waals surface area contributed by atoms with E-state index in [0.29, 0.717) is 12.3 Å². The van der Waals surface area contributed by atoms with Gasteiger partial charge in [0, 0.05) is 0 Å². The molecule has 0 aliphatic heterocycles. The van der Waals surface area contributed by atoms with Gasteiger partial charge in [0.25, 0.3) is 0 Å². The van der Waals surface area contributed by atoms with Crippen LogP contribution in [-0.2, 0) is 24.4 Å². The number of unbranched alkanes of at least 4 members (excludes halogenated alkanes) is 4. The number of carboxylic acid groups (broad SMARTS) is 1. The second kappa shape index (κ2) is 16.1. The molecule has 0 saturated heterocycles. The Morgan fingerprint density at radius 2 is 1.50 bits per heavy atom. The van der Waals surface area contributed by atoms with E-state index in [2.05, 4.69) is 13.8 Å². The molecular weight excluding hydrogens is 358 g/mol. The molecule has 0 aliphatic rings. The van der Waals surface area contributed by atoms with Crippen LogP contribution in [0.15, 0.2) is 0 Å². The molecule has 24 heavy (non-hydrogen) atoms. The minimum atomic E-state index is -5.12. The molecule has 0 aromatic carbocycles. The molecule has 0 aromatic heterocycles. The SMILES string of the molecule is CC(C)CCCCCCCOC(=O)CC(C(=O)[O-])S(=O)(=O)[O-].[Na+].[Na+]. The zero-order valence-corrected chi connectivity index (χ0v) is 19.9. The molecule has 0 fully saturated rings. The van der Waals surface area contributed by atoms with Gasteiger partial charge < -0.3 is 19.2 Å². The summed E-state index contributed by atoms with van der Waals surface area (Å²) in [7, 11) is -5.12. The van der Waals surface area contributed by atoms with Gasteiger partial charge in [-0.3, -0.25) is 4.79 Å². The summed E-state index contributed by atoms with van der Waals surface area (Å²) in [6.07, 6.45) is 4.94. The van der Waals surface area contributed by atoms with E-state index < -0.39 is 33.7 Å². The maximum Gasteiger partial charge on any atom is 1.00 e. The summed E-state index contributed by atoms with van der Waals surface area (Å²) in [4.78, 5) is 21.8. The van der Waals surface area contributed by atoms with Crippen LogP contribution in [0.2, 0.25) is 0 Å². The largest absolute Gasteiger partial charge is 1.00 e. The predicted molar refractivity (Wildman–Crippen MR) is 76.6 cm³/mol. The van der Waals surface area contributed by atoms with E-state index in [1.54, 1.807) is 0 Å². The van der Waals surface area contributed by atoms with Gasteiger partial charge in [-0.25, -0.2) is 8.42 Å². The Morgan fingerprint density at radius 3 is 1.96 bits per heavy atom. The molecule has 0 radical (unpaired) electrons. The normalized spacial score (nSPS) is 12.0. The number of hydrogen-bond donors (Lipinski definition) is 0. The van der Waals surface area contributed by atoms with Crippen molar-refractivity contribution in [3.63, 3.8) is 0 Å². The molecule has 0 saturated carbocycles. The van der Waals surface area contributed by atoms with Gasteiger partial charge in [0.05, 0.1) is 24.2 Å². The van der Waals surface area contributed by atoms with Gasteiger partial charge in [-0.2, -0.15) is 0 Å². The third-order valence-electron chi connectivity index (χ3n) is 3.15. The van der Waals surface area contributed by atoms with E-state index in [1.807, 2.05) is 0 Å². The summed E-state index contributed by atoms with van der Waals surface area (Å²) >= 11 is 0. The maximum absolute atomic E-state index is 11.3. The first kappa shape index (κ1) is 29.6. The van der Waals surface area contributed by atoms with Crippen molar-refractivity contribution >= 4 is 22.1 Å². The number of aliphatic carboxylic acids is 1. The molecule has 130 valence electrons. The minimum Gasteiger partial charge on any atom is -0.747 e. The van der Waals surface area contributed by atoms with E-state index in [4.69, 9.17) is 4.74 Å². The average molecular weight is 382 g/mol. The van der Waals surface area contributed by atoms with Crippen LogP contribution >= 0.6 is 0 Å². The van der Waals surface area contributed by atoms with Gasteiger partial charge in [0.15, 0.2) is 0 Å². The average Bonchev–Trinajstić information content (AvgIpc) is 2.37. The Morgan fingerprint density at radius 1 is 1.00 bits per heavy atom. The van der Waals surface area contributed by atoms with Crippen LogP contribution < -0.4 is 64.2 Å². The standard InChI is InChI=1S/C14H26O7S.2Na/c1-11(2)8-6-4-3-5-7-9-21-13(15)10-12(14(16)17)22(18,19)20;;/h11-12H,3-10H2,1-2H3,(H,16,17)(H,18,19,20);;/q;2*+1/p-2. The molecular formula is C14H24Na2O7S. The fourth-order valence-corrected chi connectivity index (χ4v) is 2.46. The van der Waals surface area contributed by atoms with Crippen LogP contribution in [0.3, 0.4) is 0 Å². The Labute approximate surface area is 188 Å². The molecule has 10 heteroatoms. The number of carbonyl (C=O) groups excluding carboxylic acids is 2. The smallest absolute Gasteiger partial charge is 0.747 e. The number of ether oxygens (including phenoxy) is 1. The van der Waals surface area contributed by atoms with Crippen LogP contribution in [0, 0.1) is 5.92 Å². The quantitative estimate of drug-likeness (QED) is 0.143. The molecule has 0 bridgehead atoms. The molecule has 1 unspecified atom stereocenters. The predicted octanol–water partition coefficient (Wildman–Crippen LogP) is -5.41. The fourth-order valence-electron chi connectivity index (χ4n) is 1.88. The summed E-state index contributed by atoms with van der Waals surface area (Å²) < 4.78 is 36.7. The van der Waals surface area contributed by atoms with Crippen LogP contribution in [0.25, 0.3) is 0 Å². The van der Waals surface area contributed by atoms with Crippen LogP contribution in [0.4, 0.5) is 0 Å². The molecule has 0 N–H and O–H groups in total. The van der Waals surface area contributed by atoms with E-state index in [9.17, 15) is 27.7 Å². The first-order chi connectivity index (χ1) is 10.1. The molecule has 0 aromatic rings. The van der Waals surface area contributed by atoms with Crippen LogP contribution in [0.1, 0.15) is 58.8 Å².